The fraction of sp³-hybridized carbons (Fsp3) is 0.333. The van der Waals surface area contributed by atoms with Crippen molar-refractivity contribution in [2.45, 2.75) is 6.29 Å². The fourth-order valence-corrected chi connectivity index (χ4v) is 1.11. The normalized spacial score (nSPS) is 17.3. The van der Waals surface area contributed by atoms with E-state index in [9.17, 15) is 0 Å². The second kappa shape index (κ2) is 5.08. The minimum atomic E-state index is -0.149. The van der Waals surface area contributed by atoms with E-state index in [0.29, 0.717) is 13.2 Å². The third-order valence-electron chi connectivity index (χ3n) is 1.64. The van der Waals surface area contributed by atoms with Crippen molar-refractivity contribution in [2.24, 2.45) is 0 Å². The molecular formula is C9H9O2Y-. The van der Waals surface area contributed by atoms with Crippen LogP contribution in [0.1, 0.15) is 11.9 Å². The molecule has 1 radical (unpaired) electrons. The van der Waals surface area contributed by atoms with E-state index in [0.717, 1.165) is 5.56 Å². The van der Waals surface area contributed by atoms with Crippen molar-refractivity contribution in [1.29, 1.82) is 0 Å². The topological polar surface area (TPSA) is 18.5 Å². The average Bonchev–Trinajstić information content (AvgIpc) is 2.58. The van der Waals surface area contributed by atoms with Gasteiger partial charge in [0, 0.05) is 32.7 Å². The minimum Gasteiger partial charge on any atom is -0.348 e. The molecule has 61 valence electrons. The Labute approximate surface area is 97.1 Å². The molecule has 1 fully saturated rings. The third kappa shape index (κ3) is 2.36. The Balaban J connectivity index is 0.000000720. The summed E-state index contributed by atoms with van der Waals surface area (Å²) in [5.74, 6) is 0. The third-order valence-corrected chi connectivity index (χ3v) is 1.64. The van der Waals surface area contributed by atoms with Gasteiger partial charge in [0.15, 0.2) is 6.29 Å². The molecule has 1 aromatic carbocycles. The first kappa shape index (κ1) is 10.3. The van der Waals surface area contributed by atoms with Gasteiger partial charge in [-0.15, -0.1) is 5.56 Å². The number of ether oxygens (including phenoxy) is 2. The van der Waals surface area contributed by atoms with Crippen LogP contribution in [0.15, 0.2) is 24.3 Å². The van der Waals surface area contributed by atoms with Crippen molar-refractivity contribution in [1.82, 2.24) is 0 Å². The Hall–Kier alpha value is 0.244. The maximum atomic E-state index is 5.30. The first-order chi connectivity index (χ1) is 5.47. The summed E-state index contributed by atoms with van der Waals surface area (Å²) >= 11 is 0. The summed E-state index contributed by atoms with van der Waals surface area (Å²) in [7, 11) is 0. The van der Waals surface area contributed by atoms with E-state index in [1.807, 2.05) is 24.3 Å². The summed E-state index contributed by atoms with van der Waals surface area (Å²) < 4.78 is 10.6. The van der Waals surface area contributed by atoms with E-state index >= 15 is 0 Å². The predicted molar refractivity (Wildman–Crippen MR) is 39.9 cm³/mol. The van der Waals surface area contributed by atoms with E-state index in [2.05, 4.69) is 6.07 Å². The van der Waals surface area contributed by atoms with Crippen molar-refractivity contribution in [3.8, 4) is 0 Å². The van der Waals surface area contributed by atoms with Gasteiger partial charge in [0.1, 0.15) is 0 Å². The Morgan fingerprint density at radius 1 is 1.17 bits per heavy atom. The van der Waals surface area contributed by atoms with E-state index in [4.69, 9.17) is 9.47 Å². The minimum absolute atomic E-state index is 0. The van der Waals surface area contributed by atoms with E-state index in [1.54, 1.807) is 0 Å². The second-order valence-electron chi connectivity index (χ2n) is 2.41. The molecule has 2 nitrogen and oxygen atoms in total. The first-order valence-corrected chi connectivity index (χ1v) is 3.66. The molecule has 0 aliphatic carbocycles. The Morgan fingerprint density at radius 2 is 1.75 bits per heavy atom. The molecule has 0 bridgehead atoms. The molecule has 1 aliphatic heterocycles. The van der Waals surface area contributed by atoms with Crippen LogP contribution < -0.4 is 0 Å². The molecular weight excluding hydrogens is 229 g/mol. The Kier molecular flexibility index (Phi) is 4.37. The molecule has 0 unspecified atom stereocenters. The van der Waals surface area contributed by atoms with Crippen LogP contribution >= 0.6 is 0 Å². The number of rotatable bonds is 1. The van der Waals surface area contributed by atoms with Crippen LogP contribution in [0.5, 0.6) is 0 Å². The van der Waals surface area contributed by atoms with Crippen molar-refractivity contribution in [3.63, 3.8) is 0 Å². The molecule has 0 aromatic heterocycles. The van der Waals surface area contributed by atoms with Crippen LogP contribution in [-0.2, 0) is 42.2 Å². The van der Waals surface area contributed by atoms with Gasteiger partial charge in [-0.2, -0.15) is 30.3 Å². The van der Waals surface area contributed by atoms with Gasteiger partial charge in [-0.1, -0.05) is 0 Å². The van der Waals surface area contributed by atoms with Crippen molar-refractivity contribution < 1.29 is 42.2 Å². The second-order valence-corrected chi connectivity index (χ2v) is 2.41. The molecule has 1 saturated heterocycles. The maximum Gasteiger partial charge on any atom is 0.162 e. The van der Waals surface area contributed by atoms with Gasteiger partial charge in [0.05, 0.1) is 13.2 Å². The zero-order valence-corrected chi connectivity index (χ0v) is 9.53. The predicted octanol–water partition coefficient (Wildman–Crippen LogP) is 1.53. The van der Waals surface area contributed by atoms with Crippen LogP contribution in [0.4, 0.5) is 0 Å². The Bertz CT molecular complexity index is 219. The standard InChI is InChI=1S/C9H9O2.Y/c1-2-4-8(5-3-1)9-10-6-7-11-9;/h2-5,9H,6-7H2;/q-1;. The van der Waals surface area contributed by atoms with Crippen molar-refractivity contribution in [3.05, 3.63) is 35.9 Å². The van der Waals surface area contributed by atoms with Gasteiger partial charge in [0.2, 0.25) is 0 Å². The number of hydrogen-bond acceptors (Lipinski definition) is 2. The quantitative estimate of drug-likeness (QED) is 0.691. The maximum absolute atomic E-state index is 5.30. The fourth-order valence-electron chi connectivity index (χ4n) is 1.11. The summed E-state index contributed by atoms with van der Waals surface area (Å²) in [5.41, 5.74) is 1.07. The monoisotopic (exact) mass is 238 g/mol. The van der Waals surface area contributed by atoms with Crippen LogP contribution in [0.2, 0.25) is 0 Å². The van der Waals surface area contributed by atoms with Gasteiger partial charge in [-0.3, -0.25) is 0 Å². The molecule has 1 aromatic rings. The number of benzene rings is 1. The molecule has 1 aliphatic rings. The van der Waals surface area contributed by atoms with Crippen LogP contribution in [0.25, 0.3) is 0 Å². The summed E-state index contributed by atoms with van der Waals surface area (Å²) in [6.07, 6.45) is -0.149. The zero-order chi connectivity index (χ0) is 7.52. The van der Waals surface area contributed by atoms with Gasteiger partial charge < -0.3 is 9.47 Å². The van der Waals surface area contributed by atoms with Crippen LogP contribution in [0.3, 0.4) is 0 Å². The van der Waals surface area contributed by atoms with E-state index in [1.165, 1.54) is 0 Å². The van der Waals surface area contributed by atoms with Gasteiger partial charge in [-0.25, -0.2) is 0 Å². The Morgan fingerprint density at radius 3 is 2.33 bits per heavy atom. The van der Waals surface area contributed by atoms with Gasteiger partial charge in [-0.05, 0) is 0 Å². The number of hydrogen-bond donors (Lipinski definition) is 0. The molecule has 3 heteroatoms. The smallest absolute Gasteiger partial charge is 0.162 e. The zero-order valence-electron chi connectivity index (χ0n) is 6.69. The molecule has 0 amide bonds. The van der Waals surface area contributed by atoms with Crippen LogP contribution in [0, 0.1) is 6.07 Å². The molecule has 0 N–H and O–H groups in total. The van der Waals surface area contributed by atoms with Crippen molar-refractivity contribution >= 4 is 0 Å². The first-order valence-electron chi connectivity index (χ1n) is 3.66. The average molecular weight is 238 g/mol. The van der Waals surface area contributed by atoms with Crippen molar-refractivity contribution in [2.75, 3.05) is 13.2 Å². The molecule has 0 spiro atoms. The van der Waals surface area contributed by atoms with Crippen LogP contribution in [-0.4, -0.2) is 13.2 Å². The molecule has 0 atom stereocenters. The van der Waals surface area contributed by atoms with Gasteiger partial charge >= 0.3 is 0 Å². The SMILES string of the molecule is [Y].[c-]1ccc(C2OCCO2)cc1. The van der Waals surface area contributed by atoms with E-state index in [-0.39, 0.29) is 39.0 Å². The molecule has 12 heavy (non-hydrogen) atoms. The summed E-state index contributed by atoms with van der Waals surface area (Å²) in [6.45, 7) is 1.40. The molecule has 0 saturated carbocycles. The van der Waals surface area contributed by atoms with E-state index < -0.39 is 0 Å². The molecule has 1 heterocycles. The summed E-state index contributed by atoms with van der Waals surface area (Å²) in [5, 5.41) is 0. The summed E-state index contributed by atoms with van der Waals surface area (Å²) in [6, 6.07) is 10.6. The summed E-state index contributed by atoms with van der Waals surface area (Å²) in [4.78, 5) is 0. The largest absolute Gasteiger partial charge is 0.348 e. The molecule has 2 rings (SSSR count). The van der Waals surface area contributed by atoms with Gasteiger partial charge in [0.25, 0.3) is 0 Å².